The van der Waals surface area contributed by atoms with E-state index in [1.807, 2.05) is 0 Å². The van der Waals surface area contributed by atoms with Crippen LogP contribution in [0, 0.1) is 0 Å². The Morgan fingerprint density at radius 2 is 1.44 bits per heavy atom. The van der Waals surface area contributed by atoms with Gasteiger partial charge in [-0.15, -0.1) is 0 Å². The van der Waals surface area contributed by atoms with Crippen LogP contribution in [0.5, 0.6) is 0 Å². The average Bonchev–Trinajstić information content (AvgIpc) is 2.15. The smallest absolute Gasteiger partial charge is 0.318 e. The van der Waals surface area contributed by atoms with Gasteiger partial charge in [0.1, 0.15) is 10.5 Å². The topological polar surface area (TPSA) is 112 Å². The first-order valence-corrected chi connectivity index (χ1v) is 6.65. The minimum absolute atomic E-state index is 0.354. The first kappa shape index (κ1) is 15.1. The maximum Gasteiger partial charge on any atom is 0.318 e. The number of hydrogen-bond donors (Lipinski definition) is 3. The zero-order chi connectivity index (χ0) is 12.7. The molecule has 0 aliphatic carbocycles. The molecule has 16 heavy (non-hydrogen) atoms. The Labute approximate surface area is 99.8 Å². The third-order valence-corrected chi connectivity index (χ3v) is 4.78. The molecule has 2 atom stereocenters. The van der Waals surface area contributed by atoms with Gasteiger partial charge in [0.25, 0.3) is 0 Å². The molecule has 0 radical (unpaired) electrons. The van der Waals surface area contributed by atoms with Crippen LogP contribution >= 0.6 is 21.6 Å². The van der Waals surface area contributed by atoms with Crippen LogP contribution in [0.15, 0.2) is 0 Å². The highest BCUT2D eigenvalue weighted by molar-refractivity contribution is 8.77. The molecule has 0 amide bonds. The van der Waals surface area contributed by atoms with Crippen LogP contribution in [0.2, 0.25) is 0 Å². The lowest BCUT2D eigenvalue weighted by atomic mass is 10.3. The van der Waals surface area contributed by atoms with E-state index in [1.165, 1.54) is 0 Å². The van der Waals surface area contributed by atoms with E-state index in [1.54, 1.807) is 6.92 Å². The molecule has 0 spiro atoms. The fraction of sp³-hybridized carbons (Fsp3) is 0.625. The minimum atomic E-state index is -1.25. The van der Waals surface area contributed by atoms with E-state index in [4.69, 9.17) is 15.3 Å². The van der Waals surface area contributed by atoms with Gasteiger partial charge in [0.2, 0.25) is 0 Å². The van der Waals surface area contributed by atoms with Gasteiger partial charge in [0.05, 0.1) is 6.42 Å². The summed E-state index contributed by atoms with van der Waals surface area (Å²) in [6.07, 6.45) is -0.171. The Hall–Kier alpha value is -0.890. The van der Waals surface area contributed by atoms with Crippen molar-refractivity contribution in [3.05, 3.63) is 0 Å². The molecule has 0 saturated heterocycles. The monoisotopic (exact) mass is 268 g/mol. The summed E-state index contributed by atoms with van der Waals surface area (Å²) in [4.78, 5) is 31.7. The molecule has 0 bridgehead atoms. The SMILES string of the molecule is CCC(SSC(CC(=O)O)C(=O)O)C(=O)O. The summed E-state index contributed by atoms with van der Waals surface area (Å²) < 4.78 is 0. The maximum atomic E-state index is 10.7. The zero-order valence-electron chi connectivity index (χ0n) is 8.45. The normalized spacial score (nSPS) is 14.1. The molecule has 0 rings (SSSR count). The second-order valence-corrected chi connectivity index (χ2v) is 5.53. The molecule has 0 saturated carbocycles. The van der Waals surface area contributed by atoms with Crippen LogP contribution < -0.4 is 0 Å². The predicted octanol–water partition coefficient (Wildman–Crippen LogP) is 1.16. The Morgan fingerprint density at radius 1 is 1.00 bits per heavy atom. The van der Waals surface area contributed by atoms with Gasteiger partial charge < -0.3 is 15.3 Å². The van der Waals surface area contributed by atoms with E-state index in [0.717, 1.165) is 21.6 Å². The summed E-state index contributed by atoms with van der Waals surface area (Å²) in [5.41, 5.74) is 0. The summed E-state index contributed by atoms with van der Waals surface area (Å²) in [6.45, 7) is 1.67. The highest BCUT2D eigenvalue weighted by Gasteiger charge is 2.25. The van der Waals surface area contributed by atoms with Gasteiger partial charge in [-0.25, -0.2) is 0 Å². The van der Waals surface area contributed by atoms with Crippen LogP contribution in [-0.4, -0.2) is 43.7 Å². The number of carbonyl (C=O) groups is 3. The molecule has 0 aromatic carbocycles. The van der Waals surface area contributed by atoms with E-state index < -0.39 is 34.8 Å². The molecular formula is C8H12O6S2. The molecule has 0 aliphatic rings. The molecule has 0 fully saturated rings. The third kappa shape index (κ3) is 5.86. The summed E-state index contributed by atoms with van der Waals surface area (Å²) in [5.74, 6) is -3.50. The largest absolute Gasteiger partial charge is 0.481 e. The van der Waals surface area contributed by atoms with Crippen molar-refractivity contribution >= 4 is 39.5 Å². The highest BCUT2D eigenvalue weighted by Crippen LogP contribution is 2.34. The van der Waals surface area contributed by atoms with E-state index in [-0.39, 0.29) is 0 Å². The van der Waals surface area contributed by atoms with E-state index in [0.29, 0.717) is 6.42 Å². The number of hydrogen-bond acceptors (Lipinski definition) is 5. The third-order valence-electron chi connectivity index (χ3n) is 1.57. The van der Waals surface area contributed by atoms with Gasteiger partial charge in [0.15, 0.2) is 0 Å². The number of carboxylic acid groups (broad SMARTS) is 3. The van der Waals surface area contributed by atoms with Crippen LogP contribution in [0.25, 0.3) is 0 Å². The molecule has 8 heteroatoms. The molecule has 0 aliphatic heterocycles. The van der Waals surface area contributed by atoms with Crippen molar-refractivity contribution in [3.63, 3.8) is 0 Å². The van der Waals surface area contributed by atoms with Gasteiger partial charge in [0, 0.05) is 0 Å². The van der Waals surface area contributed by atoms with E-state index in [2.05, 4.69) is 0 Å². The quantitative estimate of drug-likeness (QED) is 0.562. The lowest BCUT2D eigenvalue weighted by Gasteiger charge is -2.12. The second kappa shape index (κ2) is 7.39. The molecule has 0 aromatic heterocycles. The van der Waals surface area contributed by atoms with Crippen molar-refractivity contribution in [2.24, 2.45) is 0 Å². The van der Waals surface area contributed by atoms with Crippen molar-refractivity contribution in [2.45, 2.75) is 30.3 Å². The Kier molecular flexibility index (Phi) is 6.98. The van der Waals surface area contributed by atoms with Crippen molar-refractivity contribution in [3.8, 4) is 0 Å². The molecule has 92 valence electrons. The van der Waals surface area contributed by atoms with Crippen LogP contribution in [0.4, 0.5) is 0 Å². The molecule has 2 unspecified atom stereocenters. The van der Waals surface area contributed by atoms with Crippen LogP contribution in [0.1, 0.15) is 19.8 Å². The fourth-order valence-electron chi connectivity index (χ4n) is 0.739. The lowest BCUT2D eigenvalue weighted by Crippen LogP contribution is -2.21. The Bertz CT molecular complexity index is 280. The van der Waals surface area contributed by atoms with Crippen LogP contribution in [0.3, 0.4) is 0 Å². The van der Waals surface area contributed by atoms with E-state index >= 15 is 0 Å². The van der Waals surface area contributed by atoms with E-state index in [9.17, 15) is 14.4 Å². The molecular weight excluding hydrogens is 256 g/mol. The van der Waals surface area contributed by atoms with Crippen molar-refractivity contribution in [2.75, 3.05) is 0 Å². The summed E-state index contributed by atoms with van der Waals surface area (Å²) in [7, 11) is 1.66. The maximum absolute atomic E-state index is 10.7. The Balaban J connectivity index is 4.25. The summed E-state index contributed by atoms with van der Waals surface area (Å²) in [6, 6.07) is 0. The van der Waals surface area contributed by atoms with Crippen LogP contribution in [-0.2, 0) is 14.4 Å². The molecule has 3 N–H and O–H groups in total. The van der Waals surface area contributed by atoms with Crippen molar-refractivity contribution in [1.29, 1.82) is 0 Å². The first-order chi connectivity index (χ1) is 7.38. The van der Waals surface area contributed by atoms with Crippen molar-refractivity contribution in [1.82, 2.24) is 0 Å². The highest BCUT2D eigenvalue weighted by atomic mass is 33.1. The second-order valence-electron chi connectivity index (χ2n) is 2.85. The molecule has 0 aromatic rings. The first-order valence-electron chi connectivity index (χ1n) is 4.38. The summed E-state index contributed by atoms with van der Waals surface area (Å²) in [5, 5.41) is 24.0. The number of rotatable bonds is 8. The molecule has 0 heterocycles. The molecule has 6 nitrogen and oxygen atoms in total. The van der Waals surface area contributed by atoms with Gasteiger partial charge in [-0.2, -0.15) is 0 Å². The number of carboxylic acids is 3. The zero-order valence-corrected chi connectivity index (χ0v) is 10.1. The predicted molar refractivity (Wildman–Crippen MR) is 60.6 cm³/mol. The van der Waals surface area contributed by atoms with Gasteiger partial charge in [-0.3, -0.25) is 14.4 Å². The van der Waals surface area contributed by atoms with Gasteiger partial charge in [-0.1, -0.05) is 28.5 Å². The van der Waals surface area contributed by atoms with Gasteiger partial charge in [-0.05, 0) is 6.42 Å². The Morgan fingerprint density at radius 3 is 1.75 bits per heavy atom. The standard InChI is InChI=1S/C8H12O6S2/c1-2-4(7(11)12)15-16-5(8(13)14)3-6(9)10/h4-5H,2-3H2,1H3,(H,9,10)(H,11,12)(H,13,14). The summed E-state index contributed by atoms with van der Waals surface area (Å²) >= 11 is 0. The fourth-order valence-corrected chi connectivity index (χ4v) is 3.43. The minimum Gasteiger partial charge on any atom is -0.481 e. The van der Waals surface area contributed by atoms with Crippen molar-refractivity contribution < 1.29 is 29.7 Å². The van der Waals surface area contributed by atoms with Gasteiger partial charge >= 0.3 is 17.9 Å². The lowest BCUT2D eigenvalue weighted by molar-refractivity contribution is -0.142. The average molecular weight is 268 g/mol. The number of aliphatic carboxylic acids is 3.